The van der Waals surface area contributed by atoms with Gasteiger partial charge in [0.1, 0.15) is 17.3 Å². The Morgan fingerprint density at radius 1 is 0.438 bits per heavy atom. The standard InChI is InChI=1S/C68H70N4O/c1-64(2,3)49-33-34-69-63(41-49)72-60-32-29-50(67(10,11)47-25-19-15-20-26-47)40-59(60)58-31-30-56(43-61(58)72)73-57-39-53(68(12,13)48-27-21-16-22-28-48)38-54(42-57)70-44-62(46-23-17-14-18-24-46)71(45-70)55-36-51(65(4,5)6)35-52(37-55)66(7,8)9/h14-44H,1-13H3. The molecular formula is C68H70N4O. The minimum Gasteiger partial charge on any atom is -0.458 e. The number of hydrogen-bond donors (Lipinski definition) is 0. The van der Waals surface area contributed by atoms with Crippen LogP contribution in [-0.2, 0) is 27.1 Å². The number of aromatic nitrogens is 4. The van der Waals surface area contributed by atoms with Crippen LogP contribution in [0.3, 0.4) is 0 Å². The summed E-state index contributed by atoms with van der Waals surface area (Å²) in [5.41, 5.74) is 14.2. The van der Waals surface area contributed by atoms with Crippen LogP contribution in [-0.4, -0.2) is 14.1 Å². The zero-order valence-corrected chi connectivity index (χ0v) is 45.1. The Labute approximate surface area is 433 Å². The first-order valence-corrected chi connectivity index (χ1v) is 25.8. The number of rotatable bonds is 10. The summed E-state index contributed by atoms with van der Waals surface area (Å²) in [6, 6.07) is 63.7. The fourth-order valence-corrected chi connectivity index (χ4v) is 10.1. The molecule has 0 aliphatic carbocycles. The first-order chi connectivity index (χ1) is 34.6. The van der Waals surface area contributed by atoms with E-state index in [2.05, 4.69) is 292 Å². The summed E-state index contributed by atoms with van der Waals surface area (Å²) in [7, 11) is 0. The van der Waals surface area contributed by atoms with Gasteiger partial charge in [-0.3, -0.25) is 13.7 Å². The van der Waals surface area contributed by atoms with Crippen molar-refractivity contribution in [2.24, 2.45) is 0 Å². The lowest BCUT2D eigenvalue weighted by Crippen LogP contribution is -2.33. The first kappa shape index (κ1) is 49.1. The van der Waals surface area contributed by atoms with Crippen LogP contribution in [0, 0.1) is 6.33 Å². The molecule has 368 valence electrons. The Morgan fingerprint density at radius 2 is 1.03 bits per heavy atom. The van der Waals surface area contributed by atoms with Crippen LogP contribution in [0.25, 0.3) is 50.3 Å². The molecule has 0 fully saturated rings. The summed E-state index contributed by atoms with van der Waals surface area (Å²) in [6.07, 6.45) is 8.01. The highest BCUT2D eigenvalue weighted by Crippen LogP contribution is 2.42. The molecule has 10 rings (SSSR count). The van der Waals surface area contributed by atoms with Crippen LogP contribution >= 0.6 is 0 Å². The van der Waals surface area contributed by atoms with Gasteiger partial charge in [0.25, 0.3) is 6.33 Å². The Hall–Kier alpha value is -7.50. The molecule has 73 heavy (non-hydrogen) atoms. The van der Waals surface area contributed by atoms with Crippen molar-refractivity contribution in [1.82, 2.24) is 14.1 Å². The molecule has 0 radical (unpaired) electrons. The zero-order valence-electron chi connectivity index (χ0n) is 45.1. The number of hydrogen-bond acceptors (Lipinski definition) is 2. The number of benzene rings is 7. The van der Waals surface area contributed by atoms with Gasteiger partial charge in [-0.15, -0.1) is 0 Å². The molecule has 0 N–H and O–H groups in total. The van der Waals surface area contributed by atoms with Gasteiger partial charge in [0, 0.05) is 40.1 Å². The molecule has 3 aromatic heterocycles. The second-order valence-electron chi connectivity index (χ2n) is 24.2. The van der Waals surface area contributed by atoms with Crippen molar-refractivity contribution in [2.75, 3.05) is 0 Å². The molecule has 5 heteroatoms. The van der Waals surface area contributed by atoms with Crippen LogP contribution in [0.2, 0.25) is 0 Å². The second kappa shape index (κ2) is 18.2. The van der Waals surface area contributed by atoms with Crippen molar-refractivity contribution in [3.8, 4) is 39.9 Å². The molecule has 0 spiro atoms. The Balaban J connectivity index is 1.16. The van der Waals surface area contributed by atoms with E-state index in [9.17, 15) is 0 Å². The topological polar surface area (TPSA) is 35.9 Å². The molecule has 0 bridgehead atoms. The quantitative estimate of drug-likeness (QED) is 0.101. The summed E-state index contributed by atoms with van der Waals surface area (Å²) < 4.78 is 13.9. The lowest BCUT2D eigenvalue weighted by molar-refractivity contribution is -0.588. The summed E-state index contributed by atoms with van der Waals surface area (Å²) in [4.78, 5) is 5.04. The average Bonchev–Trinajstić information content (AvgIpc) is 3.96. The fraction of sp³-hybridized carbons (Fsp3) is 0.265. The molecule has 0 aliphatic rings. The van der Waals surface area contributed by atoms with Gasteiger partial charge in [-0.2, -0.15) is 0 Å². The number of imidazole rings is 1. The maximum atomic E-state index is 7.17. The van der Waals surface area contributed by atoms with E-state index < -0.39 is 0 Å². The number of nitrogens with zero attached hydrogens (tertiary/aromatic N) is 4. The number of pyridine rings is 1. The molecule has 10 aromatic rings. The van der Waals surface area contributed by atoms with Crippen LogP contribution in [0.1, 0.15) is 129 Å². The highest BCUT2D eigenvalue weighted by atomic mass is 16.5. The average molecular weight is 959 g/mol. The summed E-state index contributed by atoms with van der Waals surface area (Å²) in [5, 5.41) is 2.31. The SMILES string of the molecule is CC(C)(C)c1cc(-[n+]2[c-]n(-c3cc(Oc4ccc5c6cc(C(C)(C)c7ccccc7)ccc6n(-c6cc(C(C)(C)C)ccn6)c5c4)cc(C(C)(C)c4ccccc4)c3)cc2-c2ccccc2)cc(C(C)(C)C)c1. The molecule has 0 amide bonds. The van der Waals surface area contributed by atoms with Gasteiger partial charge in [-0.05, 0) is 127 Å². The molecule has 0 unspecified atom stereocenters. The molecule has 0 saturated heterocycles. The predicted molar refractivity (Wildman–Crippen MR) is 303 cm³/mol. The molecule has 7 aromatic carbocycles. The molecular weight excluding hydrogens is 889 g/mol. The Morgan fingerprint density at radius 3 is 1.63 bits per heavy atom. The third-order valence-electron chi connectivity index (χ3n) is 15.1. The molecule has 0 saturated carbocycles. The summed E-state index contributed by atoms with van der Waals surface area (Å²) in [5.74, 6) is 2.35. The van der Waals surface area contributed by atoms with Gasteiger partial charge in [0.2, 0.25) is 0 Å². The maximum absolute atomic E-state index is 7.17. The highest BCUT2D eigenvalue weighted by Gasteiger charge is 2.28. The van der Waals surface area contributed by atoms with Crippen LogP contribution in [0.4, 0.5) is 0 Å². The fourth-order valence-electron chi connectivity index (χ4n) is 10.1. The summed E-state index contributed by atoms with van der Waals surface area (Å²) in [6.45, 7) is 29.7. The monoisotopic (exact) mass is 959 g/mol. The van der Waals surface area contributed by atoms with Crippen molar-refractivity contribution in [3.05, 3.63) is 234 Å². The maximum Gasteiger partial charge on any atom is 0.269 e. The van der Waals surface area contributed by atoms with Crippen molar-refractivity contribution in [3.63, 3.8) is 0 Å². The summed E-state index contributed by atoms with van der Waals surface area (Å²) >= 11 is 0. The van der Waals surface area contributed by atoms with Crippen molar-refractivity contribution in [2.45, 2.75) is 117 Å². The van der Waals surface area contributed by atoms with Crippen LogP contribution < -0.4 is 9.30 Å². The van der Waals surface area contributed by atoms with E-state index in [0.29, 0.717) is 0 Å². The van der Waals surface area contributed by atoms with Crippen molar-refractivity contribution < 1.29 is 9.30 Å². The van der Waals surface area contributed by atoms with Gasteiger partial charge >= 0.3 is 0 Å². The lowest BCUT2D eigenvalue weighted by atomic mass is 9.78. The number of fused-ring (bicyclic) bond motifs is 3. The van der Waals surface area contributed by atoms with Gasteiger partial charge in [0.15, 0.2) is 0 Å². The lowest BCUT2D eigenvalue weighted by Gasteiger charge is -2.27. The first-order valence-electron chi connectivity index (χ1n) is 25.8. The Kier molecular flexibility index (Phi) is 12.2. The highest BCUT2D eigenvalue weighted by molar-refractivity contribution is 6.10. The third kappa shape index (κ3) is 9.54. The predicted octanol–water partition coefficient (Wildman–Crippen LogP) is 17.0. The van der Waals surface area contributed by atoms with E-state index in [-0.39, 0.29) is 27.1 Å². The Bertz CT molecular complexity index is 3600. The third-order valence-corrected chi connectivity index (χ3v) is 15.1. The van der Waals surface area contributed by atoms with Gasteiger partial charge in [-0.25, -0.2) is 4.98 Å². The molecule has 5 nitrogen and oxygen atoms in total. The van der Waals surface area contributed by atoms with Gasteiger partial charge in [-0.1, -0.05) is 193 Å². The van der Waals surface area contributed by atoms with E-state index in [1.54, 1.807) is 0 Å². The van der Waals surface area contributed by atoms with E-state index in [1.165, 1.54) is 38.8 Å². The number of ether oxygens (including phenoxy) is 1. The van der Waals surface area contributed by atoms with E-state index >= 15 is 0 Å². The molecule has 3 heterocycles. The minimum absolute atomic E-state index is 0.0534. The van der Waals surface area contributed by atoms with Gasteiger partial charge < -0.3 is 4.74 Å². The minimum atomic E-state index is -0.366. The zero-order chi connectivity index (χ0) is 51.7. The second-order valence-corrected chi connectivity index (χ2v) is 24.2. The van der Waals surface area contributed by atoms with Gasteiger partial charge in [0.05, 0.1) is 28.1 Å². The van der Waals surface area contributed by atoms with E-state index in [0.717, 1.165) is 61.9 Å². The van der Waals surface area contributed by atoms with E-state index in [4.69, 9.17) is 9.72 Å². The van der Waals surface area contributed by atoms with Crippen LogP contribution in [0.5, 0.6) is 11.5 Å². The normalized spacial score (nSPS) is 12.7. The van der Waals surface area contributed by atoms with Crippen LogP contribution in [0.15, 0.2) is 188 Å². The molecule has 0 atom stereocenters. The molecule has 0 aliphatic heterocycles. The smallest absolute Gasteiger partial charge is 0.269 e. The van der Waals surface area contributed by atoms with Crippen molar-refractivity contribution in [1.29, 1.82) is 0 Å². The van der Waals surface area contributed by atoms with Crippen molar-refractivity contribution >= 4 is 21.8 Å². The van der Waals surface area contributed by atoms with E-state index in [1.807, 2.05) is 6.20 Å². The largest absolute Gasteiger partial charge is 0.458 e.